The van der Waals surface area contributed by atoms with Gasteiger partial charge < -0.3 is 9.73 Å². The van der Waals surface area contributed by atoms with E-state index in [4.69, 9.17) is 16.0 Å². The lowest BCUT2D eigenvalue weighted by molar-refractivity contribution is 0.388. The van der Waals surface area contributed by atoms with E-state index in [9.17, 15) is 14.9 Å². The van der Waals surface area contributed by atoms with E-state index in [0.29, 0.717) is 22.5 Å². The second-order valence-corrected chi connectivity index (χ2v) is 8.42. The third kappa shape index (κ3) is 4.12. The molecule has 1 unspecified atom stereocenters. The molecule has 5 aromatic rings. The molecule has 178 valence electrons. The molecule has 5 rings (SSSR count). The standard InChI is InChI=1S/C25H17ClN6O4/c1-12-9-14(13(2)29-17-6-7-19(26)30-20(17)24-31-25(34)36-32-24)22-15(10-12)21(33)16(11-27)23(35-22)18-5-3-4-8-28-18/h3-10,13,29H,1-2H3,(H,31,32,34). The molecular formula is C25H17ClN6O4. The molecule has 1 aromatic carbocycles. The number of pyridine rings is 2. The minimum atomic E-state index is -0.729. The summed E-state index contributed by atoms with van der Waals surface area (Å²) >= 11 is 6.08. The first-order valence-electron chi connectivity index (χ1n) is 10.8. The van der Waals surface area contributed by atoms with E-state index in [0.717, 1.165) is 5.56 Å². The van der Waals surface area contributed by atoms with Crippen molar-refractivity contribution in [3.8, 4) is 29.0 Å². The normalized spacial score (nSPS) is 11.8. The number of hydrogen-bond donors (Lipinski definition) is 2. The Balaban J connectivity index is 1.67. The number of fused-ring (bicyclic) bond motifs is 1. The average molecular weight is 501 g/mol. The van der Waals surface area contributed by atoms with Crippen LogP contribution < -0.4 is 16.5 Å². The summed E-state index contributed by atoms with van der Waals surface area (Å²) in [4.78, 5) is 35.8. The summed E-state index contributed by atoms with van der Waals surface area (Å²) in [7, 11) is 0. The highest BCUT2D eigenvalue weighted by atomic mass is 35.5. The Morgan fingerprint density at radius 2 is 2.03 bits per heavy atom. The third-order valence-corrected chi connectivity index (χ3v) is 5.75. The maximum absolute atomic E-state index is 13.3. The van der Waals surface area contributed by atoms with Gasteiger partial charge in [0.2, 0.25) is 11.3 Å². The van der Waals surface area contributed by atoms with Gasteiger partial charge in [-0.1, -0.05) is 28.9 Å². The number of benzene rings is 1. The summed E-state index contributed by atoms with van der Waals surface area (Å²) in [6.07, 6.45) is 1.56. The summed E-state index contributed by atoms with van der Waals surface area (Å²) in [6, 6.07) is 13.6. The first-order chi connectivity index (χ1) is 17.4. The molecule has 36 heavy (non-hydrogen) atoms. The number of aromatic amines is 1. The van der Waals surface area contributed by atoms with Crippen molar-refractivity contribution in [1.82, 2.24) is 20.1 Å². The van der Waals surface area contributed by atoms with E-state index in [1.54, 1.807) is 42.6 Å². The second kappa shape index (κ2) is 9.13. The van der Waals surface area contributed by atoms with Crippen LogP contribution in [0.1, 0.15) is 29.7 Å². The van der Waals surface area contributed by atoms with E-state index < -0.39 is 17.2 Å². The summed E-state index contributed by atoms with van der Waals surface area (Å²) in [5, 5.41) is 17.2. The van der Waals surface area contributed by atoms with Gasteiger partial charge in [0.25, 0.3) is 0 Å². The number of halogens is 1. The van der Waals surface area contributed by atoms with Gasteiger partial charge in [-0.05, 0) is 49.7 Å². The topological polar surface area (TPSA) is 151 Å². The zero-order valence-corrected chi connectivity index (χ0v) is 19.8. The van der Waals surface area contributed by atoms with Crippen LogP contribution in [0.3, 0.4) is 0 Å². The van der Waals surface area contributed by atoms with Crippen LogP contribution in [0, 0.1) is 18.3 Å². The van der Waals surface area contributed by atoms with Gasteiger partial charge in [-0.25, -0.2) is 9.78 Å². The molecule has 0 radical (unpaired) electrons. The first kappa shape index (κ1) is 23.0. The number of nitrogens with one attached hydrogen (secondary N) is 2. The maximum atomic E-state index is 13.3. The zero-order valence-electron chi connectivity index (χ0n) is 19.0. The van der Waals surface area contributed by atoms with Gasteiger partial charge in [-0.2, -0.15) is 5.26 Å². The molecule has 0 aliphatic carbocycles. The van der Waals surface area contributed by atoms with Crippen LogP contribution >= 0.6 is 11.6 Å². The Morgan fingerprint density at radius 1 is 1.19 bits per heavy atom. The van der Waals surface area contributed by atoms with Crippen molar-refractivity contribution in [1.29, 1.82) is 5.26 Å². The minimum Gasteiger partial charge on any atom is -0.452 e. The Labute approximate surface area is 208 Å². The molecule has 0 saturated carbocycles. The average Bonchev–Trinajstić information content (AvgIpc) is 3.31. The molecule has 0 saturated heterocycles. The Kier molecular flexibility index (Phi) is 5.83. The first-order valence-corrected chi connectivity index (χ1v) is 11.2. The number of H-pyrrole nitrogens is 1. The number of nitrogens with zero attached hydrogens (tertiary/aromatic N) is 4. The van der Waals surface area contributed by atoms with Crippen LogP contribution in [0.2, 0.25) is 5.15 Å². The molecular weight excluding hydrogens is 484 g/mol. The predicted octanol–water partition coefficient (Wildman–Crippen LogP) is 4.60. The van der Waals surface area contributed by atoms with Crippen LogP contribution in [0.5, 0.6) is 0 Å². The van der Waals surface area contributed by atoms with Crippen molar-refractivity contribution < 1.29 is 8.94 Å². The van der Waals surface area contributed by atoms with Crippen molar-refractivity contribution in [3.05, 3.63) is 91.3 Å². The van der Waals surface area contributed by atoms with Crippen LogP contribution in [0.25, 0.3) is 33.9 Å². The van der Waals surface area contributed by atoms with E-state index in [1.807, 2.05) is 26.0 Å². The number of aryl methyl sites for hydroxylation is 1. The molecule has 4 heterocycles. The number of hydrogen-bond acceptors (Lipinski definition) is 9. The van der Waals surface area contributed by atoms with Gasteiger partial charge in [0.05, 0.1) is 17.1 Å². The van der Waals surface area contributed by atoms with E-state index >= 15 is 0 Å². The smallest absolute Gasteiger partial charge is 0.439 e. The monoisotopic (exact) mass is 500 g/mol. The van der Waals surface area contributed by atoms with Gasteiger partial charge in [0.1, 0.15) is 33.8 Å². The molecule has 1 atom stereocenters. The zero-order chi connectivity index (χ0) is 25.4. The van der Waals surface area contributed by atoms with Crippen molar-refractivity contribution >= 4 is 28.3 Å². The van der Waals surface area contributed by atoms with Crippen LogP contribution in [0.15, 0.2) is 67.2 Å². The Bertz CT molecular complexity index is 1770. The molecule has 10 nitrogen and oxygen atoms in total. The van der Waals surface area contributed by atoms with Crippen molar-refractivity contribution in [3.63, 3.8) is 0 Å². The highest BCUT2D eigenvalue weighted by Crippen LogP contribution is 2.33. The lowest BCUT2D eigenvalue weighted by Crippen LogP contribution is -2.13. The third-order valence-electron chi connectivity index (χ3n) is 5.54. The second-order valence-electron chi connectivity index (χ2n) is 8.03. The molecule has 2 N–H and O–H groups in total. The largest absolute Gasteiger partial charge is 0.452 e. The SMILES string of the molecule is Cc1cc(C(C)Nc2ccc(Cl)nc2-c2noc(=O)[nH]2)c2oc(-c3ccccn3)c(C#N)c(=O)c2c1. The van der Waals surface area contributed by atoms with Crippen molar-refractivity contribution in [2.75, 3.05) is 5.32 Å². The summed E-state index contributed by atoms with van der Waals surface area (Å²) < 4.78 is 10.8. The summed E-state index contributed by atoms with van der Waals surface area (Å²) in [5.41, 5.74) is 2.40. The Morgan fingerprint density at radius 3 is 2.72 bits per heavy atom. The van der Waals surface area contributed by atoms with Gasteiger partial charge in [-0.15, -0.1) is 0 Å². The fourth-order valence-corrected chi connectivity index (χ4v) is 4.10. The number of aromatic nitrogens is 4. The number of rotatable bonds is 5. The molecule has 0 amide bonds. The number of nitriles is 1. The van der Waals surface area contributed by atoms with E-state index in [1.165, 1.54) is 0 Å². The van der Waals surface area contributed by atoms with Crippen LogP contribution in [0.4, 0.5) is 5.69 Å². The lowest BCUT2D eigenvalue weighted by atomic mass is 9.99. The van der Waals surface area contributed by atoms with Crippen molar-refractivity contribution in [2.45, 2.75) is 19.9 Å². The van der Waals surface area contributed by atoms with Gasteiger partial charge in [0, 0.05) is 11.8 Å². The van der Waals surface area contributed by atoms with Gasteiger partial charge in [0.15, 0.2) is 5.76 Å². The fraction of sp³-hybridized carbons (Fsp3) is 0.120. The van der Waals surface area contributed by atoms with Crippen LogP contribution in [-0.4, -0.2) is 20.1 Å². The van der Waals surface area contributed by atoms with Crippen LogP contribution in [-0.2, 0) is 0 Å². The predicted molar refractivity (Wildman–Crippen MR) is 133 cm³/mol. The fourth-order valence-electron chi connectivity index (χ4n) is 3.95. The van der Waals surface area contributed by atoms with Crippen molar-refractivity contribution in [2.24, 2.45) is 0 Å². The Hall–Kier alpha value is -4.75. The molecule has 11 heteroatoms. The highest BCUT2D eigenvalue weighted by molar-refractivity contribution is 6.29. The maximum Gasteiger partial charge on any atom is 0.439 e. The summed E-state index contributed by atoms with van der Waals surface area (Å²) in [5.74, 6) is -0.525. The van der Waals surface area contributed by atoms with Gasteiger partial charge >= 0.3 is 5.76 Å². The van der Waals surface area contributed by atoms with Gasteiger partial charge in [-0.3, -0.25) is 19.3 Å². The molecule has 0 aliphatic rings. The van der Waals surface area contributed by atoms with E-state index in [-0.39, 0.29) is 33.4 Å². The molecule has 4 aromatic heterocycles. The highest BCUT2D eigenvalue weighted by Gasteiger charge is 2.22. The quantitative estimate of drug-likeness (QED) is 0.330. The molecule has 0 spiro atoms. The number of anilines is 1. The summed E-state index contributed by atoms with van der Waals surface area (Å²) in [6.45, 7) is 3.72. The molecule has 0 aliphatic heterocycles. The molecule has 0 bridgehead atoms. The van der Waals surface area contributed by atoms with E-state index in [2.05, 4.69) is 29.9 Å². The minimum absolute atomic E-state index is 0.0990. The lowest BCUT2D eigenvalue weighted by Gasteiger charge is -2.19. The molecule has 0 fully saturated rings.